The molecule has 22 heavy (non-hydrogen) atoms. The van der Waals surface area contributed by atoms with Crippen molar-refractivity contribution in [3.8, 4) is 5.75 Å². The molecule has 0 fully saturated rings. The second-order valence-corrected chi connectivity index (χ2v) is 4.64. The molecule has 0 unspecified atom stereocenters. The molecule has 1 amide bonds. The maximum Gasteiger partial charge on any atom is 0.243 e. The average molecular weight is 295 g/mol. The quantitative estimate of drug-likeness (QED) is 0.658. The fourth-order valence-electron chi connectivity index (χ4n) is 2.06. The topological polar surface area (TPSA) is 55.4 Å². The minimum absolute atomic E-state index is 0.0916. The lowest BCUT2D eigenvalue weighted by molar-refractivity contribution is -0.116. The highest BCUT2D eigenvalue weighted by atomic mass is 16.5. The van der Waals surface area contributed by atoms with E-state index < -0.39 is 0 Å². The van der Waals surface area contributed by atoms with Crippen LogP contribution in [0.3, 0.4) is 0 Å². The summed E-state index contributed by atoms with van der Waals surface area (Å²) in [6.45, 7) is 3.64. The van der Waals surface area contributed by atoms with E-state index >= 15 is 0 Å². The summed E-state index contributed by atoms with van der Waals surface area (Å²) in [5, 5.41) is 2.68. The van der Waals surface area contributed by atoms with Crippen LogP contribution in [0.1, 0.15) is 21.5 Å². The summed E-state index contributed by atoms with van der Waals surface area (Å²) in [5.74, 6) is 0.250. The van der Waals surface area contributed by atoms with Gasteiger partial charge in [-0.1, -0.05) is 36.9 Å². The van der Waals surface area contributed by atoms with Gasteiger partial charge >= 0.3 is 0 Å². The molecular formula is C18H17NO3. The Morgan fingerprint density at radius 3 is 2.55 bits per heavy atom. The number of carbonyl (C=O) groups is 2. The molecule has 0 aliphatic rings. The SMILES string of the molecule is C=CC(=O)NCc1cc(OC)ccc1C(=O)c1ccccc1. The normalized spacial score (nSPS) is 9.86. The van der Waals surface area contributed by atoms with Gasteiger partial charge in [-0.05, 0) is 29.8 Å². The van der Waals surface area contributed by atoms with Crippen LogP contribution in [0.15, 0.2) is 61.2 Å². The van der Waals surface area contributed by atoms with Crippen LogP contribution in [0, 0.1) is 0 Å². The number of hydrogen-bond donors (Lipinski definition) is 1. The summed E-state index contributed by atoms with van der Waals surface area (Å²) < 4.78 is 5.18. The second-order valence-electron chi connectivity index (χ2n) is 4.64. The van der Waals surface area contributed by atoms with Gasteiger partial charge in [0, 0.05) is 17.7 Å². The van der Waals surface area contributed by atoms with E-state index in [4.69, 9.17) is 4.74 Å². The molecule has 2 aromatic rings. The van der Waals surface area contributed by atoms with Gasteiger partial charge in [-0.3, -0.25) is 9.59 Å². The monoisotopic (exact) mass is 295 g/mol. The van der Waals surface area contributed by atoms with Crippen LogP contribution in [0.2, 0.25) is 0 Å². The molecular weight excluding hydrogens is 278 g/mol. The first-order valence-electron chi connectivity index (χ1n) is 6.82. The van der Waals surface area contributed by atoms with Gasteiger partial charge in [-0.25, -0.2) is 0 Å². The van der Waals surface area contributed by atoms with E-state index in [2.05, 4.69) is 11.9 Å². The molecule has 0 aromatic heterocycles. The van der Waals surface area contributed by atoms with Crippen LogP contribution >= 0.6 is 0 Å². The van der Waals surface area contributed by atoms with E-state index in [9.17, 15) is 9.59 Å². The summed E-state index contributed by atoms with van der Waals surface area (Å²) in [5.41, 5.74) is 1.84. The Morgan fingerprint density at radius 1 is 1.18 bits per heavy atom. The minimum atomic E-state index is -0.291. The molecule has 0 saturated heterocycles. The van der Waals surface area contributed by atoms with Gasteiger partial charge < -0.3 is 10.1 Å². The number of methoxy groups -OCH3 is 1. The van der Waals surface area contributed by atoms with Gasteiger partial charge in [0.25, 0.3) is 0 Å². The largest absolute Gasteiger partial charge is 0.497 e. The van der Waals surface area contributed by atoms with Crippen LogP contribution in [0.4, 0.5) is 0 Å². The Hall–Kier alpha value is -2.88. The highest BCUT2D eigenvalue weighted by Crippen LogP contribution is 2.20. The van der Waals surface area contributed by atoms with Crippen LogP contribution in [0.25, 0.3) is 0 Å². The molecule has 0 heterocycles. The Kier molecular flexibility index (Phi) is 5.09. The highest BCUT2D eigenvalue weighted by molar-refractivity contribution is 6.10. The van der Waals surface area contributed by atoms with E-state index in [1.165, 1.54) is 6.08 Å². The lowest BCUT2D eigenvalue weighted by Crippen LogP contribution is -2.21. The molecule has 112 valence electrons. The van der Waals surface area contributed by atoms with E-state index in [0.29, 0.717) is 22.4 Å². The minimum Gasteiger partial charge on any atom is -0.497 e. The fourth-order valence-corrected chi connectivity index (χ4v) is 2.06. The zero-order valence-electron chi connectivity index (χ0n) is 12.3. The van der Waals surface area contributed by atoms with Crippen molar-refractivity contribution >= 4 is 11.7 Å². The van der Waals surface area contributed by atoms with Crippen LogP contribution in [0.5, 0.6) is 5.75 Å². The van der Waals surface area contributed by atoms with E-state index in [1.807, 2.05) is 18.2 Å². The van der Waals surface area contributed by atoms with Crippen molar-refractivity contribution in [2.24, 2.45) is 0 Å². The summed E-state index contributed by atoms with van der Waals surface area (Å²) in [4.78, 5) is 24.0. The van der Waals surface area contributed by atoms with Crippen molar-refractivity contribution in [1.82, 2.24) is 5.32 Å². The Morgan fingerprint density at radius 2 is 1.91 bits per heavy atom. The zero-order valence-corrected chi connectivity index (χ0v) is 12.3. The fraction of sp³-hybridized carbons (Fsp3) is 0.111. The van der Waals surface area contributed by atoms with Crippen molar-refractivity contribution in [2.45, 2.75) is 6.54 Å². The van der Waals surface area contributed by atoms with Crippen molar-refractivity contribution in [3.05, 3.63) is 77.9 Å². The molecule has 4 nitrogen and oxygen atoms in total. The number of benzene rings is 2. The van der Waals surface area contributed by atoms with Crippen molar-refractivity contribution in [2.75, 3.05) is 7.11 Å². The third-order valence-corrected chi connectivity index (χ3v) is 3.23. The lowest BCUT2D eigenvalue weighted by Gasteiger charge is -2.11. The van der Waals surface area contributed by atoms with Crippen LogP contribution < -0.4 is 10.1 Å². The van der Waals surface area contributed by atoms with E-state index in [1.54, 1.807) is 37.4 Å². The molecule has 1 N–H and O–H groups in total. The van der Waals surface area contributed by atoms with Crippen LogP contribution in [-0.4, -0.2) is 18.8 Å². The second kappa shape index (κ2) is 7.22. The average Bonchev–Trinajstić information content (AvgIpc) is 2.59. The third kappa shape index (κ3) is 3.61. The van der Waals surface area contributed by atoms with Gasteiger partial charge in [0.15, 0.2) is 5.78 Å². The van der Waals surface area contributed by atoms with Crippen molar-refractivity contribution < 1.29 is 14.3 Å². The summed E-state index contributed by atoms with van der Waals surface area (Å²) in [6.07, 6.45) is 1.19. The molecule has 0 aliphatic heterocycles. The van der Waals surface area contributed by atoms with Crippen molar-refractivity contribution in [3.63, 3.8) is 0 Å². The lowest BCUT2D eigenvalue weighted by atomic mass is 9.98. The van der Waals surface area contributed by atoms with Gasteiger partial charge in [0.2, 0.25) is 5.91 Å². The molecule has 0 saturated carbocycles. The molecule has 0 atom stereocenters. The molecule has 0 spiro atoms. The molecule has 4 heteroatoms. The maximum atomic E-state index is 12.6. The number of hydrogen-bond acceptors (Lipinski definition) is 3. The zero-order chi connectivity index (χ0) is 15.9. The summed E-state index contributed by atoms with van der Waals surface area (Å²) >= 11 is 0. The van der Waals surface area contributed by atoms with Gasteiger partial charge in [0.1, 0.15) is 5.75 Å². The Bertz CT molecular complexity index is 693. The molecule has 0 aliphatic carbocycles. The maximum absolute atomic E-state index is 12.6. The standard InChI is InChI=1S/C18H17NO3/c1-3-17(20)19-12-14-11-15(22-2)9-10-16(14)18(21)13-7-5-4-6-8-13/h3-11H,1,12H2,2H3,(H,19,20). The first kappa shape index (κ1) is 15.5. The van der Waals surface area contributed by atoms with Gasteiger partial charge in [-0.15, -0.1) is 0 Å². The van der Waals surface area contributed by atoms with Gasteiger partial charge in [-0.2, -0.15) is 0 Å². The predicted molar refractivity (Wildman–Crippen MR) is 84.9 cm³/mol. The number of ether oxygens (including phenoxy) is 1. The number of ketones is 1. The summed E-state index contributed by atoms with van der Waals surface area (Å²) in [6, 6.07) is 14.2. The Labute approximate surface area is 129 Å². The predicted octanol–water partition coefficient (Wildman–Crippen LogP) is 2.73. The molecule has 2 rings (SSSR count). The number of nitrogens with one attached hydrogen (secondary N) is 1. The third-order valence-electron chi connectivity index (χ3n) is 3.23. The number of rotatable bonds is 6. The molecule has 2 aromatic carbocycles. The number of carbonyl (C=O) groups excluding carboxylic acids is 2. The molecule has 0 radical (unpaired) electrons. The van der Waals surface area contributed by atoms with Gasteiger partial charge in [0.05, 0.1) is 7.11 Å². The number of amides is 1. The summed E-state index contributed by atoms with van der Waals surface area (Å²) in [7, 11) is 1.56. The smallest absolute Gasteiger partial charge is 0.243 e. The Balaban J connectivity index is 2.35. The molecule has 0 bridgehead atoms. The van der Waals surface area contributed by atoms with E-state index in [0.717, 1.165) is 0 Å². The first-order valence-corrected chi connectivity index (χ1v) is 6.82. The first-order chi connectivity index (χ1) is 10.7. The highest BCUT2D eigenvalue weighted by Gasteiger charge is 2.14. The van der Waals surface area contributed by atoms with Crippen LogP contribution in [-0.2, 0) is 11.3 Å². The van der Waals surface area contributed by atoms with E-state index in [-0.39, 0.29) is 18.2 Å². The van der Waals surface area contributed by atoms with Crippen molar-refractivity contribution in [1.29, 1.82) is 0 Å².